The minimum absolute atomic E-state index is 0.109. The predicted octanol–water partition coefficient (Wildman–Crippen LogP) is -0.859. The summed E-state index contributed by atoms with van der Waals surface area (Å²) in [4.78, 5) is 24.4. The number of benzene rings is 1. The molecule has 1 unspecified atom stereocenters. The van der Waals surface area contributed by atoms with Crippen LogP contribution in [-0.2, 0) is 9.59 Å². The van der Waals surface area contributed by atoms with Gasteiger partial charge in [-0.2, -0.15) is 0 Å². The van der Waals surface area contributed by atoms with Crippen LogP contribution in [0.4, 0.5) is 5.69 Å². The molecule has 0 aliphatic carbocycles. The van der Waals surface area contributed by atoms with Crippen molar-refractivity contribution in [3.05, 3.63) is 29.8 Å². The maximum absolute atomic E-state index is 11.7. The summed E-state index contributed by atoms with van der Waals surface area (Å²) < 4.78 is 0. The second kappa shape index (κ2) is 5.16. The van der Waals surface area contributed by atoms with E-state index in [1.165, 1.54) is 4.90 Å². The van der Waals surface area contributed by atoms with Crippen molar-refractivity contribution in [2.24, 2.45) is 5.73 Å². The Morgan fingerprint density at radius 1 is 1.44 bits per heavy atom. The molecule has 6 heteroatoms. The molecule has 1 aliphatic heterocycles. The fourth-order valence-electron chi connectivity index (χ4n) is 1.86. The number of carbonyl (C=O) groups excluding carboxylic acids is 2. The summed E-state index contributed by atoms with van der Waals surface area (Å²) >= 11 is 0. The lowest BCUT2D eigenvalue weighted by Crippen LogP contribution is -2.52. The first-order chi connectivity index (χ1) is 8.63. The Labute approximate surface area is 104 Å². The van der Waals surface area contributed by atoms with E-state index in [4.69, 9.17) is 5.73 Å². The first kappa shape index (κ1) is 12.5. The van der Waals surface area contributed by atoms with Gasteiger partial charge in [-0.05, 0) is 17.7 Å². The lowest BCUT2D eigenvalue weighted by molar-refractivity contribution is -0.138. The zero-order chi connectivity index (χ0) is 13.1. The standard InChI is InChI=1S/C12H15N3O3/c13-7-10(16)8-2-1-3-9(6-8)15-5-4-14-11(17)12(15)18/h1-3,6,10,16H,4-5,7,13H2,(H,14,17). The minimum Gasteiger partial charge on any atom is -0.387 e. The Morgan fingerprint density at radius 3 is 2.94 bits per heavy atom. The molecule has 1 aromatic carbocycles. The monoisotopic (exact) mass is 249 g/mol. The second-order valence-electron chi connectivity index (χ2n) is 4.06. The molecule has 1 aliphatic rings. The van der Waals surface area contributed by atoms with Gasteiger partial charge in [0.15, 0.2) is 0 Å². The van der Waals surface area contributed by atoms with Crippen molar-refractivity contribution in [2.45, 2.75) is 6.10 Å². The van der Waals surface area contributed by atoms with E-state index in [2.05, 4.69) is 5.32 Å². The number of nitrogens with one attached hydrogen (secondary N) is 1. The van der Waals surface area contributed by atoms with Gasteiger partial charge in [0.25, 0.3) is 0 Å². The van der Waals surface area contributed by atoms with Crippen LogP contribution in [0.5, 0.6) is 0 Å². The maximum Gasteiger partial charge on any atom is 0.316 e. The lowest BCUT2D eigenvalue weighted by atomic mass is 10.1. The van der Waals surface area contributed by atoms with Crippen LogP contribution in [0.25, 0.3) is 0 Å². The van der Waals surface area contributed by atoms with Gasteiger partial charge in [-0.1, -0.05) is 12.1 Å². The van der Waals surface area contributed by atoms with Gasteiger partial charge in [0.1, 0.15) is 0 Å². The number of hydrogen-bond acceptors (Lipinski definition) is 4. The molecule has 4 N–H and O–H groups in total. The highest BCUT2D eigenvalue weighted by Gasteiger charge is 2.27. The van der Waals surface area contributed by atoms with Crippen molar-refractivity contribution < 1.29 is 14.7 Å². The third-order valence-corrected chi connectivity index (χ3v) is 2.85. The number of nitrogens with zero attached hydrogens (tertiary/aromatic N) is 1. The highest BCUT2D eigenvalue weighted by molar-refractivity contribution is 6.41. The molecule has 1 atom stereocenters. The van der Waals surface area contributed by atoms with E-state index in [0.717, 1.165) is 0 Å². The molecule has 1 aromatic rings. The molecular weight excluding hydrogens is 234 g/mol. The average Bonchev–Trinajstić information content (AvgIpc) is 2.41. The van der Waals surface area contributed by atoms with Crippen LogP contribution in [0, 0.1) is 0 Å². The third-order valence-electron chi connectivity index (χ3n) is 2.85. The summed E-state index contributed by atoms with van der Waals surface area (Å²) in [5.41, 5.74) is 6.62. The van der Waals surface area contributed by atoms with Crippen LogP contribution < -0.4 is 16.0 Å². The Balaban J connectivity index is 2.27. The second-order valence-corrected chi connectivity index (χ2v) is 4.06. The van der Waals surface area contributed by atoms with Gasteiger partial charge in [-0.25, -0.2) is 0 Å². The van der Waals surface area contributed by atoms with Crippen molar-refractivity contribution in [3.8, 4) is 0 Å². The first-order valence-electron chi connectivity index (χ1n) is 5.71. The van der Waals surface area contributed by atoms with Crippen LogP contribution in [0.3, 0.4) is 0 Å². The zero-order valence-corrected chi connectivity index (χ0v) is 9.80. The van der Waals surface area contributed by atoms with E-state index in [1.54, 1.807) is 24.3 Å². The molecule has 96 valence electrons. The highest BCUT2D eigenvalue weighted by atomic mass is 16.3. The number of aliphatic hydroxyl groups is 1. The fourth-order valence-corrected chi connectivity index (χ4v) is 1.86. The van der Waals surface area contributed by atoms with E-state index < -0.39 is 17.9 Å². The third kappa shape index (κ3) is 2.34. The van der Waals surface area contributed by atoms with Crippen LogP contribution in [0.1, 0.15) is 11.7 Å². The lowest BCUT2D eigenvalue weighted by Gasteiger charge is -2.27. The van der Waals surface area contributed by atoms with Crippen molar-refractivity contribution in [1.29, 1.82) is 0 Å². The molecule has 18 heavy (non-hydrogen) atoms. The Bertz CT molecular complexity index is 475. The molecule has 2 rings (SSSR count). The number of amides is 2. The van der Waals surface area contributed by atoms with Gasteiger partial charge >= 0.3 is 11.8 Å². The molecular formula is C12H15N3O3. The van der Waals surface area contributed by atoms with Crippen molar-refractivity contribution in [2.75, 3.05) is 24.5 Å². The molecule has 2 amide bonds. The summed E-state index contributed by atoms with van der Waals surface area (Å²) in [6, 6.07) is 6.86. The molecule has 0 saturated carbocycles. The van der Waals surface area contributed by atoms with E-state index in [1.807, 2.05) is 0 Å². The van der Waals surface area contributed by atoms with Gasteiger partial charge in [0.2, 0.25) is 0 Å². The molecule has 1 fully saturated rings. The normalized spacial score (nSPS) is 17.6. The molecule has 1 saturated heterocycles. The van der Waals surface area contributed by atoms with Gasteiger partial charge in [-0.3, -0.25) is 9.59 Å². The summed E-state index contributed by atoms with van der Waals surface area (Å²) in [5, 5.41) is 12.1. The van der Waals surface area contributed by atoms with E-state index in [0.29, 0.717) is 24.3 Å². The number of aliphatic hydroxyl groups excluding tert-OH is 1. The highest BCUT2D eigenvalue weighted by Crippen LogP contribution is 2.21. The summed E-state index contributed by atoms with van der Waals surface area (Å²) in [6.45, 7) is 0.957. The van der Waals surface area contributed by atoms with E-state index in [-0.39, 0.29) is 6.54 Å². The van der Waals surface area contributed by atoms with Crippen LogP contribution in [0.2, 0.25) is 0 Å². The summed E-state index contributed by atoms with van der Waals surface area (Å²) in [6.07, 6.45) is -0.765. The van der Waals surface area contributed by atoms with E-state index in [9.17, 15) is 14.7 Å². The minimum atomic E-state index is -0.765. The molecule has 0 aromatic heterocycles. The van der Waals surface area contributed by atoms with Crippen LogP contribution in [-0.4, -0.2) is 36.6 Å². The number of hydrogen-bond donors (Lipinski definition) is 3. The number of nitrogens with two attached hydrogens (primary N) is 1. The SMILES string of the molecule is NCC(O)c1cccc(N2CCNC(=O)C2=O)c1. The number of anilines is 1. The van der Waals surface area contributed by atoms with Gasteiger partial charge in [0.05, 0.1) is 6.10 Å². The van der Waals surface area contributed by atoms with Crippen LogP contribution in [0.15, 0.2) is 24.3 Å². The average molecular weight is 249 g/mol. The zero-order valence-electron chi connectivity index (χ0n) is 9.80. The molecule has 0 spiro atoms. The maximum atomic E-state index is 11.7. The topological polar surface area (TPSA) is 95.7 Å². The molecule has 0 bridgehead atoms. The first-order valence-corrected chi connectivity index (χ1v) is 5.71. The van der Waals surface area contributed by atoms with Crippen molar-refractivity contribution in [3.63, 3.8) is 0 Å². The smallest absolute Gasteiger partial charge is 0.316 e. The Hall–Kier alpha value is -1.92. The number of carbonyl (C=O) groups is 2. The molecule has 0 radical (unpaired) electrons. The van der Waals surface area contributed by atoms with Crippen LogP contribution >= 0.6 is 0 Å². The summed E-state index contributed by atoms with van der Waals surface area (Å²) in [7, 11) is 0. The number of rotatable bonds is 3. The van der Waals surface area contributed by atoms with Gasteiger partial charge < -0.3 is 21.1 Å². The Kier molecular flexibility index (Phi) is 3.59. The van der Waals surface area contributed by atoms with Crippen molar-refractivity contribution in [1.82, 2.24) is 5.32 Å². The quantitative estimate of drug-likeness (QED) is 0.607. The predicted molar refractivity (Wildman–Crippen MR) is 65.8 cm³/mol. The van der Waals surface area contributed by atoms with Crippen molar-refractivity contribution >= 4 is 17.5 Å². The Morgan fingerprint density at radius 2 is 2.22 bits per heavy atom. The summed E-state index contributed by atoms with van der Waals surface area (Å²) in [5.74, 6) is -1.19. The van der Waals surface area contributed by atoms with Gasteiger partial charge in [-0.15, -0.1) is 0 Å². The molecule has 1 heterocycles. The largest absolute Gasteiger partial charge is 0.387 e. The molecule has 6 nitrogen and oxygen atoms in total. The van der Waals surface area contributed by atoms with Gasteiger partial charge in [0, 0.05) is 25.3 Å². The number of piperazine rings is 1. The fraction of sp³-hybridized carbons (Fsp3) is 0.333. The van der Waals surface area contributed by atoms with E-state index >= 15 is 0 Å².